The van der Waals surface area contributed by atoms with Crippen LogP contribution >= 0.6 is 0 Å². The Kier molecular flexibility index (Phi) is 7.00. The Labute approximate surface area is 152 Å². The fourth-order valence-electron chi connectivity index (χ4n) is 2.10. The number of nitrogens with zero attached hydrogens (tertiary/aromatic N) is 1. The maximum absolute atomic E-state index is 12.5. The van der Waals surface area contributed by atoms with Crippen LogP contribution < -0.4 is 15.0 Å². The van der Waals surface area contributed by atoms with Gasteiger partial charge in [0, 0.05) is 24.0 Å². The third-order valence-corrected chi connectivity index (χ3v) is 3.22. The zero-order valence-electron chi connectivity index (χ0n) is 14.3. The fraction of sp³-hybridized carbons (Fsp3) is 0.100. The van der Waals surface area contributed by atoms with E-state index in [4.69, 9.17) is 9.47 Å². The van der Waals surface area contributed by atoms with Crippen LogP contribution in [0.15, 0.2) is 79.9 Å². The quantitative estimate of drug-likeness (QED) is 0.739. The van der Waals surface area contributed by atoms with E-state index in [0.29, 0.717) is 23.7 Å². The summed E-state index contributed by atoms with van der Waals surface area (Å²) in [6.07, 6.45) is 1.91. The molecule has 0 aliphatic heterocycles. The van der Waals surface area contributed by atoms with Crippen molar-refractivity contribution >= 4 is 23.6 Å². The molecule has 1 N–H and O–H groups in total. The van der Waals surface area contributed by atoms with E-state index in [2.05, 4.69) is 18.5 Å². The molecule has 2 aromatic rings. The number of carbonyl (C=O) groups excluding carboxylic acids is 2. The van der Waals surface area contributed by atoms with E-state index in [1.807, 2.05) is 18.2 Å². The summed E-state index contributed by atoms with van der Waals surface area (Å²) in [5, 5.41) is 2.55. The van der Waals surface area contributed by atoms with E-state index in [-0.39, 0.29) is 6.61 Å². The SMILES string of the molecule is C=CCOC(=O)Nc1cccc(OC(=O)N(CC=C)c2ccccc2)c1. The molecular formula is C20H20N2O4. The summed E-state index contributed by atoms with van der Waals surface area (Å²) in [5.41, 5.74) is 1.14. The molecule has 6 nitrogen and oxygen atoms in total. The van der Waals surface area contributed by atoms with Crippen molar-refractivity contribution < 1.29 is 19.1 Å². The van der Waals surface area contributed by atoms with Gasteiger partial charge in [0.05, 0.1) is 0 Å². The summed E-state index contributed by atoms with van der Waals surface area (Å²) >= 11 is 0. The molecule has 0 saturated heterocycles. The van der Waals surface area contributed by atoms with Gasteiger partial charge in [-0.05, 0) is 24.3 Å². The van der Waals surface area contributed by atoms with Crippen LogP contribution in [-0.4, -0.2) is 25.3 Å². The van der Waals surface area contributed by atoms with E-state index >= 15 is 0 Å². The summed E-state index contributed by atoms with van der Waals surface area (Å²) < 4.78 is 10.3. The van der Waals surface area contributed by atoms with Crippen LogP contribution in [-0.2, 0) is 4.74 Å². The average molecular weight is 352 g/mol. The molecule has 0 aliphatic carbocycles. The fourth-order valence-corrected chi connectivity index (χ4v) is 2.10. The van der Waals surface area contributed by atoms with Crippen molar-refractivity contribution in [2.24, 2.45) is 0 Å². The smallest absolute Gasteiger partial charge is 0.420 e. The molecule has 0 unspecified atom stereocenters. The molecule has 0 aromatic heterocycles. The monoisotopic (exact) mass is 352 g/mol. The summed E-state index contributed by atoms with van der Waals surface area (Å²) in [5.74, 6) is 0.293. The number of anilines is 2. The summed E-state index contributed by atoms with van der Waals surface area (Å²) in [7, 11) is 0. The van der Waals surface area contributed by atoms with Crippen LogP contribution in [0.3, 0.4) is 0 Å². The largest absolute Gasteiger partial charge is 0.445 e. The molecule has 0 spiro atoms. The van der Waals surface area contributed by atoms with Crippen molar-refractivity contribution in [3.63, 3.8) is 0 Å². The van der Waals surface area contributed by atoms with Gasteiger partial charge in [0.2, 0.25) is 0 Å². The number of nitrogens with one attached hydrogen (secondary N) is 1. The highest BCUT2D eigenvalue weighted by molar-refractivity contribution is 5.90. The van der Waals surface area contributed by atoms with E-state index in [9.17, 15) is 9.59 Å². The van der Waals surface area contributed by atoms with Gasteiger partial charge in [0.1, 0.15) is 12.4 Å². The van der Waals surface area contributed by atoms with Gasteiger partial charge in [0.25, 0.3) is 0 Å². The summed E-state index contributed by atoms with van der Waals surface area (Å²) in [4.78, 5) is 25.5. The number of amides is 2. The summed E-state index contributed by atoms with van der Waals surface area (Å²) in [6.45, 7) is 7.54. The molecule has 6 heteroatoms. The Morgan fingerprint density at radius 3 is 2.50 bits per heavy atom. The number of hydrogen-bond acceptors (Lipinski definition) is 4. The van der Waals surface area contributed by atoms with E-state index in [1.54, 1.807) is 36.4 Å². The zero-order valence-corrected chi connectivity index (χ0v) is 14.3. The number of rotatable bonds is 7. The van der Waals surface area contributed by atoms with Gasteiger partial charge in [-0.1, -0.05) is 43.0 Å². The minimum Gasteiger partial charge on any atom is -0.445 e. The van der Waals surface area contributed by atoms with Gasteiger partial charge in [0.15, 0.2) is 0 Å². The van der Waals surface area contributed by atoms with Gasteiger partial charge >= 0.3 is 12.2 Å². The van der Waals surface area contributed by atoms with Crippen molar-refractivity contribution in [2.75, 3.05) is 23.4 Å². The highest BCUT2D eigenvalue weighted by Crippen LogP contribution is 2.20. The lowest BCUT2D eigenvalue weighted by Crippen LogP contribution is -2.33. The number of ether oxygens (including phenoxy) is 2. The van der Waals surface area contributed by atoms with Gasteiger partial charge in [-0.3, -0.25) is 10.2 Å². The third-order valence-electron chi connectivity index (χ3n) is 3.22. The number of carbonyl (C=O) groups is 2. The molecule has 2 aromatic carbocycles. The first-order valence-electron chi connectivity index (χ1n) is 7.94. The van der Waals surface area contributed by atoms with Crippen molar-refractivity contribution in [1.29, 1.82) is 0 Å². The predicted octanol–water partition coefficient (Wildman–Crippen LogP) is 4.61. The third kappa shape index (κ3) is 5.52. The summed E-state index contributed by atoms with van der Waals surface area (Å²) in [6, 6.07) is 15.6. The maximum Gasteiger partial charge on any atom is 0.420 e. The van der Waals surface area contributed by atoms with Crippen LogP contribution in [0.4, 0.5) is 21.0 Å². The number of hydrogen-bond donors (Lipinski definition) is 1. The lowest BCUT2D eigenvalue weighted by molar-refractivity contribution is 0.174. The van der Waals surface area contributed by atoms with Crippen molar-refractivity contribution in [3.8, 4) is 5.75 Å². The van der Waals surface area contributed by atoms with Gasteiger partial charge in [-0.25, -0.2) is 9.59 Å². The van der Waals surface area contributed by atoms with Crippen molar-refractivity contribution in [2.45, 2.75) is 0 Å². The Balaban J connectivity index is 2.07. The topological polar surface area (TPSA) is 67.9 Å². The van der Waals surface area contributed by atoms with Crippen molar-refractivity contribution in [3.05, 3.63) is 79.9 Å². The molecule has 2 rings (SSSR count). The first-order valence-corrected chi connectivity index (χ1v) is 7.94. The van der Waals surface area contributed by atoms with Gasteiger partial charge < -0.3 is 9.47 Å². The second kappa shape index (κ2) is 9.68. The molecule has 0 fully saturated rings. The number of para-hydroxylation sites is 1. The molecular weight excluding hydrogens is 332 g/mol. The average Bonchev–Trinajstić information content (AvgIpc) is 2.65. The van der Waals surface area contributed by atoms with Gasteiger partial charge in [-0.15, -0.1) is 6.58 Å². The van der Waals surface area contributed by atoms with Crippen molar-refractivity contribution in [1.82, 2.24) is 0 Å². The highest BCUT2D eigenvalue weighted by atomic mass is 16.6. The maximum atomic E-state index is 12.5. The molecule has 2 amide bonds. The van der Waals surface area contributed by atoms with Gasteiger partial charge in [-0.2, -0.15) is 0 Å². The number of benzene rings is 2. The van der Waals surface area contributed by atoms with E-state index < -0.39 is 12.2 Å². The van der Waals surface area contributed by atoms with Crippen LogP contribution in [0.25, 0.3) is 0 Å². The Morgan fingerprint density at radius 1 is 1.04 bits per heavy atom. The Morgan fingerprint density at radius 2 is 1.81 bits per heavy atom. The lowest BCUT2D eigenvalue weighted by atomic mass is 10.3. The van der Waals surface area contributed by atoms with E-state index in [0.717, 1.165) is 0 Å². The lowest BCUT2D eigenvalue weighted by Gasteiger charge is -2.20. The molecule has 0 saturated carbocycles. The zero-order chi connectivity index (χ0) is 18.8. The van der Waals surface area contributed by atoms with Crippen LogP contribution in [0.5, 0.6) is 5.75 Å². The van der Waals surface area contributed by atoms with Crippen LogP contribution in [0, 0.1) is 0 Å². The minimum atomic E-state index is -0.619. The van der Waals surface area contributed by atoms with E-state index in [1.165, 1.54) is 17.0 Å². The molecule has 26 heavy (non-hydrogen) atoms. The molecule has 0 atom stereocenters. The standard InChI is InChI=1S/C20H20N2O4/c1-3-13-22(17-10-6-5-7-11-17)20(24)26-18-12-8-9-16(15-18)21-19(23)25-14-4-2/h3-12,15H,1-2,13-14H2,(H,21,23). The molecule has 0 aliphatic rings. The molecule has 0 bridgehead atoms. The normalized spacial score (nSPS) is 9.69. The molecule has 0 radical (unpaired) electrons. The second-order valence-corrected chi connectivity index (χ2v) is 5.14. The first kappa shape index (κ1) is 18.8. The molecule has 0 heterocycles. The van der Waals surface area contributed by atoms with Crippen LogP contribution in [0.1, 0.15) is 0 Å². The first-order chi connectivity index (χ1) is 12.6. The highest BCUT2D eigenvalue weighted by Gasteiger charge is 2.17. The Bertz CT molecular complexity index is 774. The molecule has 134 valence electrons. The second-order valence-electron chi connectivity index (χ2n) is 5.14. The minimum absolute atomic E-state index is 0.105. The predicted molar refractivity (Wildman–Crippen MR) is 102 cm³/mol. The van der Waals surface area contributed by atoms with Crippen LogP contribution in [0.2, 0.25) is 0 Å². The Hall–Kier alpha value is -3.54.